The highest BCUT2D eigenvalue weighted by molar-refractivity contribution is 7.07. The Labute approximate surface area is 148 Å². The maximum absolute atomic E-state index is 11.9. The zero-order valence-electron chi connectivity index (χ0n) is 13.2. The van der Waals surface area contributed by atoms with Gasteiger partial charge >= 0.3 is 4.87 Å². The molecule has 1 heterocycles. The van der Waals surface area contributed by atoms with Gasteiger partial charge in [-0.25, -0.2) is 0 Å². The minimum atomic E-state index is -0.282. The number of rotatable bonds is 7. The summed E-state index contributed by atoms with van der Waals surface area (Å²) in [5.74, 6) is -0.449. The van der Waals surface area contributed by atoms with Crippen molar-refractivity contribution in [1.82, 2.24) is 15.2 Å². The number of aromatic nitrogens is 1. The molecule has 0 saturated carbocycles. The number of carbonyl (C=O) groups excluding carboxylic acids is 2. The number of hydrogen-bond donors (Lipinski definition) is 2. The zero-order chi connectivity index (χ0) is 17.5. The van der Waals surface area contributed by atoms with Crippen LogP contribution >= 0.6 is 22.9 Å². The molecule has 6 nitrogen and oxygen atoms in total. The lowest BCUT2D eigenvalue weighted by atomic mass is 10.2. The number of aryl methyl sites for hydroxylation is 1. The van der Waals surface area contributed by atoms with E-state index in [1.807, 2.05) is 6.92 Å². The molecule has 1 aromatic heterocycles. The van der Waals surface area contributed by atoms with Crippen molar-refractivity contribution >= 4 is 34.8 Å². The molecule has 1 aromatic carbocycles. The Kier molecular flexibility index (Phi) is 6.57. The first-order chi connectivity index (χ1) is 11.5. The molecule has 0 saturated heterocycles. The highest BCUT2D eigenvalue weighted by Gasteiger charge is 2.09. The van der Waals surface area contributed by atoms with Crippen molar-refractivity contribution in [3.63, 3.8) is 0 Å². The van der Waals surface area contributed by atoms with Gasteiger partial charge < -0.3 is 15.2 Å². The minimum absolute atomic E-state index is 0.0627. The van der Waals surface area contributed by atoms with Gasteiger partial charge in [-0.05, 0) is 19.1 Å². The highest BCUT2D eigenvalue weighted by Crippen LogP contribution is 2.14. The standard InChI is InChI=1S/C16H18ClN3O3S/c1-11-10-24-16(23)20(11)9-6-14(21)18-7-8-19-15(22)12-4-2-3-5-13(12)17/h2-5,10H,6-9H2,1H3,(H,18,21)(H,19,22). The van der Waals surface area contributed by atoms with E-state index in [0.717, 1.165) is 17.0 Å². The number of hydrogen-bond acceptors (Lipinski definition) is 4. The first-order valence-corrected chi connectivity index (χ1v) is 8.69. The number of nitrogens with one attached hydrogen (secondary N) is 2. The van der Waals surface area contributed by atoms with E-state index in [0.29, 0.717) is 30.2 Å². The van der Waals surface area contributed by atoms with Gasteiger partial charge in [0.15, 0.2) is 0 Å². The Morgan fingerprint density at radius 2 is 1.92 bits per heavy atom. The Morgan fingerprint density at radius 1 is 1.21 bits per heavy atom. The molecule has 0 radical (unpaired) electrons. The van der Waals surface area contributed by atoms with Crippen LogP contribution in [-0.2, 0) is 11.3 Å². The van der Waals surface area contributed by atoms with Crippen molar-refractivity contribution in [1.29, 1.82) is 0 Å². The molecule has 128 valence electrons. The zero-order valence-corrected chi connectivity index (χ0v) is 14.7. The SMILES string of the molecule is Cc1csc(=O)n1CCC(=O)NCCNC(=O)c1ccccc1Cl. The van der Waals surface area contributed by atoms with E-state index >= 15 is 0 Å². The van der Waals surface area contributed by atoms with E-state index in [1.165, 1.54) is 0 Å². The molecule has 2 N–H and O–H groups in total. The number of thiazole rings is 1. The average Bonchev–Trinajstić information content (AvgIpc) is 2.88. The second-order valence-corrected chi connectivity index (χ2v) is 6.36. The van der Waals surface area contributed by atoms with Crippen molar-refractivity contribution in [2.45, 2.75) is 19.9 Å². The van der Waals surface area contributed by atoms with Gasteiger partial charge in [0.25, 0.3) is 5.91 Å². The van der Waals surface area contributed by atoms with Crippen LogP contribution in [0.4, 0.5) is 0 Å². The van der Waals surface area contributed by atoms with Gasteiger partial charge in [-0.3, -0.25) is 14.4 Å². The quantitative estimate of drug-likeness (QED) is 0.732. The van der Waals surface area contributed by atoms with Gasteiger partial charge in [-0.1, -0.05) is 35.1 Å². The van der Waals surface area contributed by atoms with Crippen molar-refractivity contribution < 1.29 is 9.59 Å². The second kappa shape index (κ2) is 8.65. The van der Waals surface area contributed by atoms with Gasteiger partial charge in [-0.15, -0.1) is 0 Å². The highest BCUT2D eigenvalue weighted by atomic mass is 35.5. The monoisotopic (exact) mass is 367 g/mol. The van der Waals surface area contributed by atoms with Crippen LogP contribution in [0.1, 0.15) is 22.5 Å². The van der Waals surface area contributed by atoms with Crippen molar-refractivity contribution in [3.05, 3.63) is 55.6 Å². The molecular weight excluding hydrogens is 350 g/mol. The molecule has 0 aliphatic rings. The van der Waals surface area contributed by atoms with Crippen LogP contribution in [0.25, 0.3) is 0 Å². The molecule has 0 fully saturated rings. The van der Waals surface area contributed by atoms with E-state index in [4.69, 9.17) is 11.6 Å². The predicted molar refractivity (Wildman–Crippen MR) is 94.7 cm³/mol. The molecule has 2 rings (SSSR count). The maximum atomic E-state index is 11.9. The summed E-state index contributed by atoms with van der Waals surface area (Å²) < 4.78 is 1.57. The van der Waals surface area contributed by atoms with Crippen molar-refractivity contribution in [3.8, 4) is 0 Å². The van der Waals surface area contributed by atoms with Crippen LogP contribution in [0.2, 0.25) is 5.02 Å². The smallest absolute Gasteiger partial charge is 0.307 e. The number of nitrogens with zero attached hydrogens (tertiary/aromatic N) is 1. The molecule has 8 heteroatoms. The Hall–Kier alpha value is -2.12. The lowest BCUT2D eigenvalue weighted by molar-refractivity contribution is -0.121. The number of amides is 2. The van der Waals surface area contributed by atoms with Crippen molar-refractivity contribution in [2.75, 3.05) is 13.1 Å². The normalized spacial score (nSPS) is 10.4. The summed E-state index contributed by atoms with van der Waals surface area (Å²) in [5.41, 5.74) is 1.25. The molecule has 0 aliphatic heterocycles. The average molecular weight is 368 g/mol. The maximum Gasteiger partial charge on any atom is 0.307 e. The fraction of sp³-hybridized carbons (Fsp3) is 0.312. The van der Waals surface area contributed by atoms with Crippen LogP contribution in [0.15, 0.2) is 34.4 Å². The predicted octanol–water partition coefficient (Wildman–Crippen LogP) is 1.81. The molecule has 2 aromatic rings. The number of carbonyl (C=O) groups is 2. The first-order valence-electron chi connectivity index (χ1n) is 7.43. The third-order valence-corrected chi connectivity index (χ3v) is 4.60. The molecular formula is C16H18ClN3O3S. The Bertz CT molecular complexity index is 785. The third kappa shape index (κ3) is 4.94. The fourth-order valence-corrected chi connectivity index (χ4v) is 3.08. The fourth-order valence-electron chi connectivity index (χ4n) is 2.09. The van der Waals surface area contributed by atoms with Crippen LogP contribution < -0.4 is 15.5 Å². The van der Waals surface area contributed by atoms with E-state index in [-0.39, 0.29) is 23.1 Å². The molecule has 2 amide bonds. The van der Waals surface area contributed by atoms with E-state index in [1.54, 1.807) is 34.2 Å². The topological polar surface area (TPSA) is 80.2 Å². The van der Waals surface area contributed by atoms with Gasteiger partial charge in [-0.2, -0.15) is 0 Å². The summed E-state index contributed by atoms with van der Waals surface area (Å²) in [6.07, 6.45) is 0.218. The summed E-state index contributed by atoms with van der Waals surface area (Å²) >= 11 is 7.06. The van der Waals surface area contributed by atoms with Gasteiger partial charge in [0, 0.05) is 37.1 Å². The molecule has 0 atom stereocenters. The van der Waals surface area contributed by atoms with Gasteiger partial charge in [0.2, 0.25) is 5.91 Å². The van der Waals surface area contributed by atoms with E-state index in [2.05, 4.69) is 10.6 Å². The number of benzene rings is 1. The molecule has 0 spiro atoms. The molecule has 0 unspecified atom stereocenters. The largest absolute Gasteiger partial charge is 0.354 e. The van der Waals surface area contributed by atoms with Crippen LogP contribution in [0.5, 0.6) is 0 Å². The van der Waals surface area contributed by atoms with Crippen LogP contribution in [-0.4, -0.2) is 29.5 Å². The van der Waals surface area contributed by atoms with Gasteiger partial charge in [0.1, 0.15) is 0 Å². The van der Waals surface area contributed by atoms with Crippen molar-refractivity contribution in [2.24, 2.45) is 0 Å². The summed E-state index contributed by atoms with van der Waals surface area (Å²) in [6, 6.07) is 6.76. The molecule has 0 bridgehead atoms. The lowest BCUT2D eigenvalue weighted by Crippen LogP contribution is -2.35. The summed E-state index contributed by atoms with van der Waals surface area (Å²) in [6.45, 7) is 2.80. The van der Waals surface area contributed by atoms with E-state index < -0.39 is 0 Å². The lowest BCUT2D eigenvalue weighted by Gasteiger charge is -2.08. The second-order valence-electron chi connectivity index (χ2n) is 5.13. The van der Waals surface area contributed by atoms with E-state index in [9.17, 15) is 14.4 Å². The molecule has 0 aliphatic carbocycles. The number of halogens is 1. The summed E-state index contributed by atoms with van der Waals surface area (Å²) in [4.78, 5) is 35.2. The third-order valence-electron chi connectivity index (χ3n) is 3.39. The minimum Gasteiger partial charge on any atom is -0.354 e. The Morgan fingerprint density at radius 3 is 2.58 bits per heavy atom. The van der Waals surface area contributed by atoms with Crippen LogP contribution in [0, 0.1) is 6.92 Å². The summed E-state index contributed by atoms with van der Waals surface area (Å²) in [7, 11) is 0. The van der Waals surface area contributed by atoms with Crippen LogP contribution in [0.3, 0.4) is 0 Å². The van der Waals surface area contributed by atoms with Gasteiger partial charge in [0.05, 0.1) is 10.6 Å². The molecule has 24 heavy (non-hydrogen) atoms. The first kappa shape index (κ1) is 18.2. The summed E-state index contributed by atoms with van der Waals surface area (Å²) in [5, 5.41) is 7.55. The Balaban J connectivity index is 1.69.